The molecule has 0 aliphatic heterocycles. The molecule has 1 unspecified atom stereocenters. The average Bonchev–Trinajstić information content (AvgIpc) is 2.39. The minimum absolute atomic E-state index is 0.462. The molecule has 0 amide bonds. The van der Waals surface area contributed by atoms with Crippen LogP contribution in [-0.4, -0.2) is 28.6 Å². The third-order valence-corrected chi connectivity index (χ3v) is 6.98. The summed E-state index contributed by atoms with van der Waals surface area (Å²) in [4.78, 5) is 0. The Bertz CT molecular complexity index is 183. The molecule has 0 aromatic carbocycles. The van der Waals surface area contributed by atoms with Crippen LogP contribution in [0.5, 0.6) is 0 Å². The normalized spacial score (nSPS) is 13.7. The van der Waals surface area contributed by atoms with Gasteiger partial charge in [0.2, 0.25) is 0 Å². The third-order valence-electron chi connectivity index (χ3n) is 3.33. The molecule has 4 heteroatoms. The summed E-state index contributed by atoms with van der Waals surface area (Å²) in [5, 5.41) is 0. The van der Waals surface area contributed by atoms with Crippen LogP contribution >= 0.6 is 0 Å². The maximum absolute atomic E-state index is 6.05. The summed E-state index contributed by atoms with van der Waals surface area (Å²) in [7, 11) is -2.50. The molecule has 1 atom stereocenters. The van der Waals surface area contributed by atoms with E-state index in [0.29, 0.717) is 25.4 Å². The van der Waals surface area contributed by atoms with E-state index in [9.17, 15) is 0 Å². The van der Waals surface area contributed by atoms with Crippen molar-refractivity contribution in [1.82, 2.24) is 0 Å². The standard InChI is InChI=1S/C15H34O3Si/c1-6-11-12-14-15(13-7-2)19(16-8-3,17-9-4)18-10-5/h15H,6-14H2,1-5H3. The minimum atomic E-state index is -2.50. The molecule has 116 valence electrons. The first-order chi connectivity index (χ1) is 9.20. The van der Waals surface area contributed by atoms with E-state index in [-0.39, 0.29) is 0 Å². The van der Waals surface area contributed by atoms with Crippen molar-refractivity contribution in [2.24, 2.45) is 0 Å². The van der Waals surface area contributed by atoms with Gasteiger partial charge in [-0.3, -0.25) is 0 Å². The molecular formula is C15H34O3Si. The van der Waals surface area contributed by atoms with Crippen molar-refractivity contribution in [3.8, 4) is 0 Å². The summed E-state index contributed by atoms with van der Waals surface area (Å²) in [5.41, 5.74) is 0.462. The van der Waals surface area contributed by atoms with Crippen LogP contribution in [0.4, 0.5) is 0 Å². The number of unbranched alkanes of at least 4 members (excludes halogenated alkanes) is 2. The highest BCUT2D eigenvalue weighted by molar-refractivity contribution is 6.62. The van der Waals surface area contributed by atoms with Gasteiger partial charge in [-0.05, 0) is 33.6 Å². The molecule has 0 fully saturated rings. The molecule has 0 saturated carbocycles. The quantitative estimate of drug-likeness (QED) is 0.361. The fourth-order valence-corrected chi connectivity index (χ4v) is 5.93. The SMILES string of the molecule is CCCCCC(CCC)[Si](OCC)(OCC)OCC. The first-order valence-corrected chi connectivity index (χ1v) is 9.92. The van der Waals surface area contributed by atoms with Crippen LogP contribution < -0.4 is 0 Å². The smallest absolute Gasteiger partial charge is 0.374 e. The van der Waals surface area contributed by atoms with Crippen LogP contribution in [0.25, 0.3) is 0 Å². The Hall–Kier alpha value is 0.0969. The Morgan fingerprint density at radius 3 is 1.58 bits per heavy atom. The van der Waals surface area contributed by atoms with Crippen LogP contribution in [0.2, 0.25) is 5.54 Å². The molecule has 0 N–H and O–H groups in total. The van der Waals surface area contributed by atoms with Gasteiger partial charge in [0.15, 0.2) is 0 Å². The zero-order valence-electron chi connectivity index (χ0n) is 13.7. The molecule has 0 radical (unpaired) electrons. The van der Waals surface area contributed by atoms with E-state index in [4.69, 9.17) is 13.3 Å². The van der Waals surface area contributed by atoms with Crippen LogP contribution in [0.3, 0.4) is 0 Å². The van der Waals surface area contributed by atoms with Crippen LogP contribution in [0.1, 0.15) is 73.1 Å². The summed E-state index contributed by atoms with van der Waals surface area (Å²) < 4.78 is 18.2. The summed E-state index contributed by atoms with van der Waals surface area (Å²) in [6, 6.07) is 0. The maximum atomic E-state index is 6.05. The molecule has 0 bridgehead atoms. The molecule has 0 aromatic rings. The van der Waals surface area contributed by atoms with E-state index in [1.807, 2.05) is 20.8 Å². The lowest BCUT2D eigenvalue weighted by molar-refractivity contribution is 0.0582. The molecule has 0 heterocycles. The van der Waals surface area contributed by atoms with Gasteiger partial charge in [-0.25, -0.2) is 0 Å². The van der Waals surface area contributed by atoms with E-state index in [1.165, 1.54) is 32.1 Å². The molecule has 0 spiro atoms. The molecular weight excluding hydrogens is 256 g/mol. The second-order valence-corrected chi connectivity index (χ2v) is 7.77. The lowest BCUT2D eigenvalue weighted by Crippen LogP contribution is -2.50. The number of rotatable bonds is 13. The number of hydrogen-bond donors (Lipinski definition) is 0. The Morgan fingerprint density at radius 2 is 1.21 bits per heavy atom. The monoisotopic (exact) mass is 290 g/mol. The summed E-state index contributed by atoms with van der Waals surface area (Å²) in [5.74, 6) is 0. The van der Waals surface area contributed by atoms with Gasteiger partial charge in [-0.1, -0.05) is 39.5 Å². The molecule has 0 aliphatic rings. The van der Waals surface area contributed by atoms with E-state index in [2.05, 4.69) is 13.8 Å². The predicted molar refractivity (Wildman–Crippen MR) is 83.4 cm³/mol. The van der Waals surface area contributed by atoms with Gasteiger partial charge in [0.05, 0.1) is 0 Å². The van der Waals surface area contributed by atoms with Crippen molar-refractivity contribution in [3.05, 3.63) is 0 Å². The van der Waals surface area contributed by atoms with E-state index < -0.39 is 8.80 Å². The van der Waals surface area contributed by atoms with Gasteiger partial charge in [-0.15, -0.1) is 0 Å². The van der Waals surface area contributed by atoms with E-state index >= 15 is 0 Å². The fraction of sp³-hybridized carbons (Fsp3) is 1.00. The first kappa shape index (κ1) is 19.1. The molecule has 0 saturated heterocycles. The first-order valence-electron chi connectivity index (χ1n) is 8.12. The van der Waals surface area contributed by atoms with Crippen LogP contribution in [0.15, 0.2) is 0 Å². The Kier molecular flexibility index (Phi) is 11.9. The summed E-state index contributed by atoms with van der Waals surface area (Å²) in [6.07, 6.45) is 7.28. The Morgan fingerprint density at radius 1 is 0.684 bits per heavy atom. The van der Waals surface area contributed by atoms with Crippen LogP contribution in [0, 0.1) is 0 Å². The van der Waals surface area contributed by atoms with Gasteiger partial charge >= 0.3 is 8.80 Å². The molecule has 0 rings (SSSR count). The van der Waals surface area contributed by atoms with Crippen molar-refractivity contribution in [1.29, 1.82) is 0 Å². The van der Waals surface area contributed by atoms with Crippen molar-refractivity contribution in [2.75, 3.05) is 19.8 Å². The van der Waals surface area contributed by atoms with E-state index in [0.717, 1.165) is 6.42 Å². The lowest BCUT2D eigenvalue weighted by atomic mass is 10.1. The van der Waals surface area contributed by atoms with Gasteiger partial charge in [-0.2, -0.15) is 0 Å². The van der Waals surface area contributed by atoms with Gasteiger partial charge in [0.1, 0.15) is 0 Å². The van der Waals surface area contributed by atoms with Crippen molar-refractivity contribution in [2.45, 2.75) is 78.7 Å². The molecule has 0 aromatic heterocycles. The van der Waals surface area contributed by atoms with Crippen molar-refractivity contribution >= 4 is 8.80 Å². The lowest BCUT2D eigenvalue weighted by Gasteiger charge is -2.35. The highest BCUT2D eigenvalue weighted by atomic mass is 28.4. The summed E-state index contributed by atoms with van der Waals surface area (Å²) in [6.45, 7) is 12.6. The Labute approximate surface area is 121 Å². The van der Waals surface area contributed by atoms with Gasteiger partial charge in [0, 0.05) is 25.4 Å². The van der Waals surface area contributed by atoms with E-state index in [1.54, 1.807) is 0 Å². The van der Waals surface area contributed by atoms with Gasteiger partial charge in [0.25, 0.3) is 0 Å². The van der Waals surface area contributed by atoms with Gasteiger partial charge < -0.3 is 13.3 Å². The second-order valence-electron chi connectivity index (χ2n) is 4.88. The predicted octanol–water partition coefficient (Wildman–Crippen LogP) is 4.79. The van der Waals surface area contributed by atoms with Crippen molar-refractivity contribution in [3.63, 3.8) is 0 Å². The minimum Gasteiger partial charge on any atom is -0.374 e. The highest BCUT2D eigenvalue weighted by Crippen LogP contribution is 2.35. The maximum Gasteiger partial charge on any atom is 0.504 e. The zero-order valence-corrected chi connectivity index (χ0v) is 14.7. The largest absolute Gasteiger partial charge is 0.504 e. The molecule has 19 heavy (non-hydrogen) atoms. The highest BCUT2D eigenvalue weighted by Gasteiger charge is 2.47. The van der Waals surface area contributed by atoms with Crippen LogP contribution in [-0.2, 0) is 13.3 Å². The number of hydrogen-bond acceptors (Lipinski definition) is 3. The third kappa shape index (κ3) is 6.89. The molecule has 3 nitrogen and oxygen atoms in total. The fourth-order valence-electron chi connectivity index (χ4n) is 2.57. The Balaban J connectivity index is 4.84. The summed E-state index contributed by atoms with van der Waals surface area (Å²) >= 11 is 0. The molecule has 0 aliphatic carbocycles. The van der Waals surface area contributed by atoms with Crippen molar-refractivity contribution < 1.29 is 13.3 Å². The zero-order chi connectivity index (χ0) is 14.6. The second kappa shape index (κ2) is 11.9. The topological polar surface area (TPSA) is 27.7 Å². The average molecular weight is 291 g/mol.